The fourth-order valence-corrected chi connectivity index (χ4v) is 3.70. The molecule has 2 aromatic carbocycles. The molecule has 0 bridgehead atoms. The first-order valence-electron chi connectivity index (χ1n) is 7.91. The van der Waals surface area contributed by atoms with E-state index in [9.17, 15) is 0 Å². The number of benzene rings is 2. The summed E-state index contributed by atoms with van der Waals surface area (Å²) in [5.41, 5.74) is 2.20. The number of hydrogen-bond acceptors (Lipinski definition) is 4. The zero-order chi connectivity index (χ0) is 17.5. The van der Waals surface area contributed by atoms with Crippen LogP contribution in [0.15, 0.2) is 58.5 Å². The Labute approximate surface area is 157 Å². The number of anilines is 1. The van der Waals surface area contributed by atoms with Crippen LogP contribution in [-0.2, 0) is 0 Å². The van der Waals surface area contributed by atoms with Gasteiger partial charge in [-0.15, -0.1) is 0 Å². The van der Waals surface area contributed by atoms with E-state index in [2.05, 4.69) is 34.4 Å². The van der Waals surface area contributed by atoms with Crippen molar-refractivity contribution in [2.45, 2.75) is 30.6 Å². The number of nitrogens with one attached hydrogen (secondary N) is 1. The summed E-state index contributed by atoms with van der Waals surface area (Å²) in [6, 6.07) is 14.4. The first-order valence-corrected chi connectivity index (χ1v) is 9.94. The van der Waals surface area contributed by atoms with E-state index < -0.39 is 0 Å². The molecular weight excluding hydrogens is 358 g/mol. The number of H-pyrrole nitrogens is 1. The monoisotopic (exact) mass is 379 g/mol. The van der Waals surface area contributed by atoms with E-state index >= 15 is 0 Å². The maximum atomic E-state index is 6.22. The van der Waals surface area contributed by atoms with E-state index in [-0.39, 0.29) is 0 Å². The Morgan fingerprint density at radius 3 is 2.38 bits per heavy atom. The molecule has 1 heterocycles. The van der Waals surface area contributed by atoms with Crippen LogP contribution in [0.2, 0.25) is 5.02 Å². The minimum absolute atomic E-state index is 0.752. The van der Waals surface area contributed by atoms with Gasteiger partial charge in [0.1, 0.15) is 0 Å². The van der Waals surface area contributed by atoms with Crippen molar-refractivity contribution in [2.75, 3.05) is 10.8 Å². The van der Waals surface area contributed by atoms with E-state index in [0.29, 0.717) is 0 Å². The molecule has 0 spiro atoms. The molecular formula is C18H22ClN3S2. The number of nitrogens with zero attached hydrogens (tertiary/aromatic N) is 1. The molecule has 0 amide bonds. The van der Waals surface area contributed by atoms with Gasteiger partial charge < -0.3 is 9.29 Å². The molecule has 3 N–H and O–H groups in total. The molecule has 1 aromatic heterocycles. The van der Waals surface area contributed by atoms with Crippen LogP contribution in [0.5, 0.6) is 0 Å². The van der Waals surface area contributed by atoms with Crippen molar-refractivity contribution in [3.8, 4) is 0 Å². The lowest BCUT2D eigenvalue weighted by Crippen LogP contribution is -2.13. The summed E-state index contributed by atoms with van der Waals surface area (Å²) in [4.78, 5) is 5.50. The second-order valence-corrected chi connectivity index (χ2v) is 6.92. The quantitative estimate of drug-likeness (QED) is 0.507. The molecule has 3 rings (SSSR count). The van der Waals surface area contributed by atoms with Crippen LogP contribution in [0.25, 0.3) is 10.9 Å². The van der Waals surface area contributed by atoms with Crippen LogP contribution >= 0.6 is 35.5 Å². The molecule has 6 heteroatoms. The van der Waals surface area contributed by atoms with Crippen molar-refractivity contribution >= 4 is 52.1 Å². The molecule has 0 aliphatic heterocycles. The highest BCUT2D eigenvalue weighted by molar-refractivity contribution is 8.00. The molecule has 0 atom stereocenters. The Morgan fingerprint density at radius 1 is 1.08 bits per heavy atom. The Morgan fingerprint density at radius 2 is 1.75 bits per heavy atom. The highest BCUT2D eigenvalue weighted by Crippen LogP contribution is 2.36. The first kappa shape index (κ1) is 19.1. The molecule has 0 aliphatic rings. The van der Waals surface area contributed by atoms with Gasteiger partial charge in [-0.3, -0.25) is 5.14 Å². The lowest BCUT2D eigenvalue weighted by Gasteiger charge is -2.22. The van der Waals surface area contributed by atoms with E-state index in [1.165, 1.54) is 16.8 Å². The smallest absolute Gasteiger partial charge is 0.0715 e. The predicted molar refractivity (Wildman–Crippen MR) is 110 cm³/mol. The van der Waals surface area contributed by atoms with Crippen molar-refractivity contribution in [3.63, 3.8) is 0 Å². The van der Waals surface area contributed by atoms with Gasteiger partial charge in [0.25, 0.3) is 0 Å². The maximum absolute atomic E-state index is 6.22. The third-order valence-electron chi connectivity index (χ3n) is 3.37. The van der Waals surface area contributed by atoms with Gasteiger partial charge in [-0.2, -0.15) is 0 Å². The molecule has 0 unspecified atom stereocenters. The summed E-state index contributed by atoms with van der Waals surface area (Å²) < 4.78 is 2.25. The van der Waals surface area contributed by atoms with Gasteiger partial charge in [-0.1, -0.05) is 37.6 Å². The maximum Gasteiger partial charge on any atom is 0.0715 e. The van der Waals surface area contributed by atoms with Crippen LogP contribution in [0.1, 0.15) is 20.8 Å². The zero-order valence-corrected chi connectivity index (χ0v) is 16.4. The Bertz CT molecular complexity index is 772. The number of halogens is 1. The third kappa shape index (κ3) is 4.22. The largest absolute Gasteiger partial charge is 0.358 e. The summed E-state index contributed by atoms with van der Waals surface area (Å²) in [6.07, 6.45) is 1.83. The van der Waals surface area contributed by atoms with Gasteiger partial charge in [0.2, 0.25) is 0 Å². The molecule has 3 nitrogen and oxygen atoms in total. The molecule has 24 heavy (non-hydrogen) atoms. The molecule has 0 fully saturated rings. The number of nitrogens with two attached hydrogens (primary N) is 1. The van der Waals surface area contributed by atoms with Gasteiger partial charge in [0, 0.05) is 27.9 Å². The fourth-order valence-electron chi connectivity index (χ4n) is 2.30. The fraction of sp³-hybridized carbons (Fsp3) is 0.222. The minimum atomic E-state index is 0.752. The van der Waals surface area contributed by atoms with Crippen LogP contribution in [0.4, 0.5) is 5.69 Å². The number of aromatic nitrogens is 1. The number of rotatable bonds is 5. The normalized spacial score (nSPS) is 10.4. The average Bonchev–Trinajstić information content (AvgIpc) is 3.03. The Kier molecular flexibility index (Phi) is 7.37. The summed E-state index contributed by atoms with van der Waals surface area (Å²) in [5, 5.41) is 7.37. The number of aromatic amines is 1. The van der Waals surface area contributed by atoms with Crippen LogP contribution < -0.4 is 9.44 Å². The standard InChI is InChI=1S/C16H16ClN3S2.C2H6/c1-2-20(22-12-8-6-11(21-18)7-9-12)15-5-3-4-13-14(17)10-19-16(13)15;1-2/h3-10,19H,2,18H2,1H3;1-2H3. The van der Waals surface area contributed by atoms with Crippen molar-refractivity contribution < 1.29 is 0 Å². The summed E-state index contributed by atoms with van der Waals surface area (Å²) in [6.45, 7) is 7.02. The average molecular weight is 380 g/mol. The Hall–Kier alpha value is -1.27. The number of hydrogen-bond donors (Lipinski definition) is 2. The zero-order valence-electron chi connectivity index (χ0n) is 14.0. The van der Waals surface area contributed by atoms with Gasteiger partial charge in [-0.05, 0) is 61.2 Å². The Balaban J connectivity index is 0.00000100. The molecule has 0 aliphatic carbocycles. The minimum Gasteiger partial charge on any atom is -0.358 e. The van der Waals surface area contributed by atoms with E-state index in [1.807, 2.05) is 44.3 Å². The third-order valence-corrected chi connectivity index (χ3v) is 5.39. The lowest BCUT2D eigenvalue weighted by atomic mass is 10.2. The van der Waals surface area contributed by atoms with Crippen molar-refractivity contribution in [3.05, 3.63) is 53.7 Å². The predicted octanol–water partition coefficient (Wildman–Crippen LogP) is 6.35. The SMILES string of the molecule is CC.CCN(Sc1ccc(SN)cc1)c1cccc2c(Cl)c[nH]c12. The summed E-state index contributed by atoms with van der Waals surface area (Å²) in [5.74, 6) is 0. The van der Waals surface area contributed by atoms with Crippen molar-refractivity contribution in [2.24, 2.45) is 5.14 Å². The van der Waals surface area contributed by atoms with E-state index in [1.54, 1.807) is 11.9 Å². The highest BCUT2D eigenvalue weighted by Gasteiger charge is 2.13. The molecule has 3 aromatic rings. The van der Waals surface area contributed by atoms with Gasteiger partial charge in [0.15, 0.2) is 0 Å². The van der Waals surface area contributed by atoms with Crippen molar-refractivity contribution in [1.29, 1.82) is 0 Å². The molecule has 128 valence electrons. The number of para-hydroxylation sites is 1. The lowest BCUT2D eigenvalue weighted by molar-refractivity contribution is 1.11. The van der Waals surface area contributed by atoms with Crippen LogP contribution in [0.3, 0.4) is 0 Å². The topological polar surface area (TPSA) is 45.0 Å². The summed E-state index contributed by atoms with van der Waals surface area (Å²) >= 11 is 9.18. The van der Waals surface area contributed by atoms with Gasteiger partial charge >= 0.3 is 0 Å². The second kappa shape index (κ2) is 9.28. The highest BCUT2D eigenvalue weighted by atomic mass is 35.5. The van der Waals surface area contributed by atoms with Gasteiger partial charge in [-0.25, -0.2) is 0 Å². The van der Waals surface area contributed by atoms with Crippen LogP contribution in [-0.4, -0.2) is 11.5 Å². The summed E-state index contributed by atoms with van der Waals surface area (Å²) in [7, 11) is 0. The van der Waals surface area contributed by atoms with E-state index in [4.69, 9.17) is 16.7 Å². The first-order chi connectivity index (χ1) is 11.7. The van der Waals surface area contributed by atoms with E-state index in [0.717, 1.165) is 33.1 Å². The molecule has 0 saturated heterocycles. The van der Waals surface area contributed by atoms with Gasteiger partial charge in [0.05, 0.1) is 16.2 Å². The second-order valence-electron chi connectivity index (χ2n) is 4.71. The molecule has 0 saturated carbocycles. The van der Waals surface area contributed by atoms with Crippen LogP contribution in [0, 0.1) is 0 Å². The molecule has 0 radical (unpaired) electrons. The van der Waals surface area contributed by atoms with Crippen molar-refractivity contribution in [1.82, 2.24) is 4.98 Å². The number of fused-ring (bicyclic) bond motifs is 1.